The maximum Gasteiger partial charge on any atom is 0.257 e. The number of para-hydroxylation sites is 2. The van der Waals surface area contributed by atoms with Crippen LogP contribution in [0, 0.1) is 0 Å². The van der Waals surface area contributed by atoms with Crippen molar-refractivity contribution in [2.45, 2.75) is 12.8 Å². The van der Waals surface area contributed by atoms with E-state index in [-0.39, 0.29) is 5.91 Å². The first kappa shape index (κ1) is 16.3. The van der Waals surface area contributed by atoms with Crippen LogP contribution in [-0.2, 0) is 0 Å². The van der Waals surface area contributed by atoms with Crippen LogP contribution in [0.5, 0.6) is 5.75 Å². The summed E-state index contributed by atoms with van der Waals surface area (Å²) in [5, 5.41) is 2.94. The lowest BCUT2D eigenvalue weighted by Crippen LogP contribution is -2.23. The molecular weight excluding hydrogens is 328 g/mol. The Morgan fingerprint density at radius 3 is 2.50 bits per heavy atom. The van der Waals surface area contributed by atoms with Gasteiger partial charge in [0.2, 0.25) is 0 Å². The van der Waals surface area contributed by atoms with Crippen LogP contribution in [0.25, 0.3) is 11.0 Å². The highest BCUT2D eigenvalue weighted by atomic mass is 16.5. The van der Waals surface area contributed by atoms with Crippen molar-refractivity contribution in [2.75, 3.05) is 30.4 Å². The van der Waals surface area contributed by atoms with Crippen LogP contribution in [0.2, 0.25) is 0 Å². The number of nitrogens with zero attached hydrogens (tertiary/aromatic N) is 3. The van der Waals surface area contributed by atoms with Gasteiger partial charge < -0.3 is 15.0 Å². The maximum absolute atomic E-state index is 12.7. The van der Waals surface area contributed by atoms with E-state index in [0.717, 1.165) is 42.8 Å². The van der Waals surface area contributed by atoms with Crippen molar-refractivity contribution in [3.05, 3.63) is 54.1 Å². The van der Waals surface area contributed by atoms with Gasteiger partial charge in [-0.3, -0.25) is 4.79 Å². The molecule has 6 nitrogen and oxygen atoms in total. The Labute approximate surface area is 151 Å². The molecule has 1 aromatic heterocycles. The number of benzene rings is 2. The van der Waals surface area contributed by atoms with E-state index in [1.165, 1.54) is 0 Å². The summed E-state index contributed by atoms with van der Waals surface area (Å²) in [6, 6.07) is 14.8. The van der Waals surface area contributed by atoms with E-state index in [4.69, 9.17) is 9.72 Å². The second-order valence-electron chi connectivity index (χ2n) is 6.26. The van der Waals surface area contributed by atoms with Gasteiger partial charge in [-0.1, -0.05) is 18.2 Å². The van der Waals surface area contributed by atoms with Crippen molar-refractivity contribution in [3.63, 3.8) is 0 Å². The molecule has 0 aliphatic carbocycles. The number of nitrogens with one attached hydrogen (secondary N) is 1. The predicted octanol–water partition coefficient (Wildman–Crippen LogP) is 3.49. The minimum Gasteiger partial charge on any atom is -0.497 e. The van der Waals surface area contributed by atoms with E-state index >= 15 is 0 Å². The maximum atomic E-state index is 12.7. The molecule has 1 amide bonds. The zero-order chi connectivity index (χ0) is 17.9. The van der Waals surface area contributed by atoms with Crippen LogP contribution in [0.1, 0.15) is 23.2 Å². The van der Waals surface area contributed by atoms with E-state index in [0.29, 0.717) is 17.1 Å². The fourth-order valence-corrected chi connectivity index (χ4v) is 3.17. The summed E-state index contributed by atoms with van der Waals surface area (Å²) in [5.74, 6) is 1.65. The van der Waals surface area contributed by atoms with Crippen LogP contribution in [0.3, 0.4) is 0 Å². The highest BCUT2D eigenvalue weighted by Crippen LogP contribution is 2.28. The van der Waals surface area contributed by atoms with E-state index in [1.807, 2.05) is 30.3 Å². The largest absolute Gasteiger partial charge is 0.497 e. The second-order valence-corrected chi connectivity index (χ2v) is 6.26. The third-order valence-corrected chi connectivity index (χ3v) is 4.52. The molecule has 132 valence electrons. The first-order valence-corrected chi connectivity index (χ1v) is 8.72. The van der Waals surface area contributed by atoms with Gasteiger partial charge in [0, 0.05) is 18.7 Å². The van der Waals surface area contributed by atoms with Gasteiger partial charge in [0.05, 0.1) is 18.1 Å². The Hall–Kier alpha value is -3.15. The SMILES string of the molecule is COc1cccc(C(=O)Nc2nc3ccccc3nc2N2CCCC2)c1. The number of hydrogen-bond donors (Lipinski definition) is 1. The van der Waals surface area contributed by atoms with Gasteiger partial charge in [-0.05, 0) is 43.2 Å². The first-order chi connectivity index (χ1) is 12.7. The molecule has 6 heteroatoms. The summed E-state index contributed by atoms with van der Waals surface area (Å²) in [6.07, 6.45) is 2.25. The minimum atomic E-state index is -0.228. The fourth-order valence-electron chi connectivity index (χ4n) is 3.17. The van der Waals surface area contributed by atoms with E-state index in [2.05, 4.69) is 15.2 Å². The number of methoxy groups -OCH3 is 1. The van der Waals surface area contributed by atoms with Gasteiger partial charge in [-0.15, -0.1) is 0 Å². The van der Waals surface area contributed by atoms with Crippen LogP contribution < -0.4 is 15.0 Å². The average Bonchev–Trinajstić information content (AvgIpc) is 3.22. The Morgan fingerprint density at radius 1 is 1.04 bits per heavy atom. The third kappa shape index (κ3) is 3.18. The van der Waals surface area contributed by atoms with Gasteiger partial charge in [0.1, 0.15) is 5.75 Å². The van der Waals surface area contributed by atoms with Gasteiger partial charge in [-0.2, -0.15) is 0 Å². The molecule has 0 spiro atoms. The number of amides is 1. The molecule has 26 heavy (non-hydrogen) atoms. The highest BCUT2D eigenvalue weighted by molar-refractivity contribution is 6.05. The molecule has 4 rings (SSSR count). The van der Waals surface area contributed by atoms with Crippen molar-refractivity contribution >= 4 is 28.6 Å². The summed E-state index contributed by atoms with van der Waals surface area (Å²) in [7, 11) is 1.58. The van der Waals surface area contributed by atoms with Crippen LogP contribution in [-0.4, -0.2) is 36.1 Å². The van der Waals surface area contributed by atoms with Gasteiger partial charge >= 0.3 is 0 Å². The summed E-state index contributed by atoms with van der Waals surface area (Å²) in [4.78, 5) is 24.3. The van der Waals surface area contributed by atoms with Crippen molar-refractivity contribution in [3.8, 4) is 5.75 Å². The Bertz CT molecular complexity index is 951. The molecule has 1 aliphatic heterocycles. The minimum absolute atomic E-state index is 0.228. The number of aromatic nitrogens is 2. The summed E-state index contributed by atoms with van der Waals surface area (Å²) < 4.78 is 5.20. The Morgan fingerprint density at radius 2 is 1.77 bits per heavy atom. The molecular formula is C20H20N4O2. The molecule has 0 bridgehead atoms. The molecule has 2 heterocycles. The van der Waals surface area contributed by atoms with Crippen molar-refractivity contribution in [2.24, 2.45) is 0 Å². The Kier molecular flexibility index (Phi) is 4.39. The molecule has 0 unspecified atom stereocenters. The Balaban J connectivity index is 1.71. The molecule has 0 saturated carbocycles. The quantitative estimate of drug-likeness (QED) is 0.782. The average molecular weight is 348 g/mol. The lowest BCUT2D eigenvalue weighted by atomic mass is 10.2. The number of hydrogen-bond acceptors (Lipinski definition) is 5. The molecule has 0 radical (unpaired) electrons. The first-order valence-electron chi connectivity index (χ1n) is 8.72. The molecule has 1 fully saturated rings. The van der Waals surface area contributed by atoms with E-state index in [9.17, 15) is 4.79 Å². The standard InChI is InChI=1S/C20H20N4O2/c1-26-15-8-6-7-14(13-15)20(25)23-18-19(24-11-4-5-12-24)22-17-10-3-2-9-16(17)21-18/h2-3,6-10,13H,4-5,11-12H2,1H3,(H,21,23,25). The van der Waals surface area contributed by atoms with Crippen molar-refractivity contribution < 1.29 is 9.53 Å². The molecule has 1 N–H and O–H groups in total. The van der Waals surface area contributed by atoms with Crippen molar-refractivity contribution in [1.82, 2.24) is 9.97 Å². The number of anilines is 2. The zero-order valence-electron chi connectivity index (χ0n) is 14.6. The number of carbonyl (C=O) groups is 1. The van der Waals surface area contributed by atoms with Gasteiger partial charge in [0.15, 0.2) is 11.6 Å². The van der Waals surface area contributed by atoms with Crippen LogP contribution in [0.15, 0.2) is 48.5 Å². The molecule has 1 aliphatic rings. The highest BCUT2D eigenvalue weighted by Gasteiger charge is 2.21. The number of rotatable bonds is 4. The van der Waals surface area contributed by atoms with E-state index < -0.39 is 0 Å². The topological polar surface area (TPSA) is 67.3 Å². The van der Waals surface area contributed by atoms with Crippen LogP contribution >= 0.6 is 0 Å². The van der Waals surface area contributed by atoms with Crippen molar-refractivity contribution in [1.29, 1.82) is 0 Å². The monoisotopic (exact) mass is 348 g/mol. The predicted molar refractivity (Wildman–Crippen MR) is 102 cm³/mol. The normalized spacial score (nSPS) is 13.8. The van der Waals surface area contributed by atoms with Gasteiger partial charge in [-0.25, -0.2) is 9.97 Å². The zero-order valence-corrected chi connectivity index (χ0v) is 14.6. The number of ether oxygens (including phenoxy) is 1. The second kappa shape index (κ2) is 7.00. The number of carbonyl (C=O) groups excluding carboxylic acids is 1. The molecule has 1 saturated heterocycles. The van der Waals surface area contributed by atoms with Crippen LogP contribution in [0.4, 0.5) is 11.6 Å². The lowest BCUT2D eigenvalue weighted by Gasteiger charge is -2.20. The lowest BCUT2D eigenvalue weighted by molar-refractivity contribution is 0.102. The molecule has 3 aromatic rings. The summed E-state index contributed by atoms with van der Waals surface area (Å²) in [5.41, 5.74) is 2.11. The van der Waals surface area contributed by atoms with Gasteiger partial charge in [0.25, 0.3) is 5.91 Å². The summed E-state index contributed by atoms with van der Waals surface area (Å²) in [6.45, 7) is 1.85. The number of fused-ring (bicyclic) bond motifs is 1. The fraction of sp³-hybridized carbons (Fsp3) is 0.250. The molecule has 0 atom stereocenters. The third-order valence-electron chi connectivity index (χ3n) is 4.52. The molecule has 2 aromatic carbocycles. The van der Waals surface area contributed by atoms with E-state index in [1.54, 1.807) is 25.3 Å². The summed E-state index contributed by atoms with van der Waals surface area (Å²) >= 11 is 0. The smallest absolute Gasteiger partial charge is 0.257 e.